The maximum atomic E-state index is 15.1. The van der Waals surface area contributed by atoms with Crippen LogP contribution in [0.25, 0.3) is 47.5 Å². The van der Waals surface area contributed by atoms with Crippen LogP contribution < -0.4 is 16.9 Å². The summed E-state index contributed by atoms with van der Waals surface area (Å²) >= 11 is 4.62. The smallest absolute Gasteiger partial charge is 0.345 e. The van der Waals surface area contributed by atoms with E-state index in [0.717, 1.165) is 50.1 Å². The zero-order chi connectivity index (χ0) is 45.9. The number of esters is 2. The van der Waals surface area contributed by atoms with Crippen molar-refractivity contribution in [1.82, 2.24) is 9.38 Å². The molecule has 0 amide bonds. The molecule has 0 bridgehead atoms. The molecule has 0 aliphatic rings. The quantitative estimate of drug-likeness (QED) is 0.0518. The van der Waals surface area contributed by atoms with Crippen LogP contribution >= 0.6 is 46.2 Å². The first-order valence-corrected chi connectivity index (χ1v) is 23.0. The van der Waals surface area contributed by atoms with Crippen LogP contribution in [0, 0.1) is 17.5 Å². The molecule has 10 nitrogen and oxygen atoms in total. The molecule has 0 saturated carbocycles. The van der Waals surface area contributed by atoms with Crippen molar-refractivity contribution < 1.29 is 37.3 Å². The lowest BCUT2D eigenvalue weighted by molar-refractivity contribution is -0.136. The van der Waals surface area contributed by atoms with E-state index in [2.05, 4.69) is 4.98 Å². The number of aromatic nitrogens is 2. The summed E-state index contributed by atoms with van der Waals surface area (Å²) in [6.07, 6.45) is 0. The van der Waals surface area contributed by atoms with E-state index in [1.165, 1.54) is 29.2 Å². The zero-order valence-electron chi connectivity index (χ0n) is 34.3. The Hall–Kier alpha value is -6.79. The van der Waals surface area contributed by atoms with Gasteiger partial charge in [0.25, 0.3) is 0 Å². The van der Waals surface area contributed by atoms with Crippen molar-refractivity contribution in [3.8, 4) is 0 Å². The van der Waals surface area contributed by atoms with Crippen LogP contribution in [0.5, 0.6) is 0 Å². The van der Waals surface area contributed by atoms with Gasteiger partial charge in [-0.3, -0.25) is 9.20 Å². The van der Waals surface area contributed by atoms with Gasteiger partial charge in [-0.25, -0.2) is 27.7 Å². The third-order valence-electron chi connectivity index (χ3n) is 9.75. The van der Waals surface area contributed by atoms with Gasteiger partial charge in [0, 0.05) is 21.2 Å². The summed E-state index contributed by atoms with van der Waals surface area (Å²) in [4.78, 5) is 45.1. The minimum Gasteiger partial charge on any atom is -0.506 e. The predicted octanol–water partition coefficient (Wildman–Crippen LogP) is 12.0. The van der Waals surface area contributed by atoms with Crippen molar-refractivity contribution in [2.24, 2.45) is 0 Å². The Balaban J connectivity index is 0.000000177. The molecule has 17 heteroatoms. The van der Waals surface area contributed by atoms with Gasteiger partial charge in [-0.05, 0) is 86.6 Å². The lowest BCUT2D eigenvalue weighted by Gasteiger charge is -2.11. The number of pyridine rings is 1. The predicted molar refractivity (Wildman–Crippen MR) is 254 cm³/mol. The van der Waals surface area contributed by atoms with Crippen LogP contribution in [0.4, 0.5) is 24.5 Å². The molecule has 0 atom stereocenters. The van der Waals surface area contributed by atoms with E-state index in [0.29, 0.717) is 41.9 Å². The first-order valence-electron chi connectivity index (χ1n) is 19.7. The third-order valence-corrected chi connectivity index (χ3v) is 14.2. The maximum absolute atomic E-state index is 15.1. The fraction of sp³-hybridized carbons (Fsp3) is 0.0833. The Morgan fingerprint density at radius 1 is 0.692 bits per heavy atom. The van der Waals surface area contributed by atoms with E-state index in [4.69, 9.17) is 20.9 Å². The van der Waals surface area contributed by atoms with E-state index in [1.807, 2.05) is 52.9 Å². The van der Waals surface area contributed by atoms with Crippen LogP contribution in [0.15, 0.2) is 146 Å². The van der Waals surface area contributed by atoms with Crippen LogP contribution in [0.2, 0.25) is 0 Å². The number of hydrogen-bond acceptors (Lipinski definition) is 13. The number of benzene rings is 6. The fourth-order valence-electron chi connectivity index (χ4n) is 6.77. The van der Waals surface area contributed by atoms with Crippen molar-refractivity contribution in [3.63, 3.8) is 0 Å². The van der Waals surface area contributed by atoms with E-state index in [9.17, 15) is 23.9 Å². The molecule has 0 aliphatic heterocycles. The molecule has 0 radical (unpaired) electrons. The van der Waals surface area contributed by atoms with Gasteiger partial charge in [-0.15, -0.1) is 22.7 Å². The molecule has 0 spiro atoms. The van der Waals surface area contributed by atoms with Crippen LogP contribution in [0.1, 0.15) is 34.8 Å². The molecule has 0 aliphatic carbocycles. The minimum absolute atomic E-state index is 0.0142. The van der Waals surface area contributed by atoms with Gasteiger partial charge in [-0.1, -0.05) is 72.1 Å². The molecule has 0 unspecified atom stereocenters. The number of nitrogens with two attached hydrogens (primary N) is 2. The Kier molecular flexibility index (Phi) is 13.2. The van der Waals surface area contributed by atoms with E-state index in [-0.39, 0.29) is 39.6 Å². The number of anilines is 2. The summed E-state index contributed by atoms with van der Waals surface area (Å²) in [6, 6.07) is 33.4. The lowest BCUT2D eigenvalue weighted by atomic mass is 10.1. The second-order valence-corrected chi connectivity index (χ2v) is 18.1. The average molecular weight is 949 g/mol. The molecular weight excluding hydrogens is 914 g/mol. The largest absolute Gasteiger partial charge is 0.506 e. The summed E-state index contributed by atoms with van der Waals surface area (Å²) in [7, 11) is 0. The average Bonchev–Trinajstić information content (AvgIpc) is 3.89. The molecule has 328 valence electrons. The van der Waals surface area contributed by atoms with E-state index >= 15 is 8.78 Å². The standard InChI is InChI=1S/C24H18F2N2O3S2.C24H17FN2O3S2/c1-2-31-24(30)21(23-28-17-8-4-6-10-19(17)33-23)22(29)13-11-15(26)20(12-14(13)25)32-18-9-5-3-7-16(18)27;1-2-30-24(29)21-22(28)13-11-14(25)20(31-18-9-5-3-7-15(18)26)12-17(13)27-16-8-4-6-10-19(16)32-23(21)27/h3-12,29H,2,27H2,1H3;3-12H,2,26H2,1H3. The van der Waals surface area contributed by atoms with E-state index < -0.39 is 46.1 Å². The maximum Gasteiger partial charge on any atom is 0.345 e. The molecule has 0 fully saturated rings. The highest BCUT2D eigenvalue weighted by Gasteiger charge is 2.27. The van der Waals surface area contributed by atoms with Gasteiger partial charge in [0.1, 0.15) is 44.2 Å². The fourth-order valence-corrected chi connectivity index (χ4v) is 10.7. The van der Waals surface area contributed by atoms with Crippen molar-refractivity contribution in [2.45, 2.75) is 33.4 Å². The Bertz CT molecular complexity index is 3390. The van der Waals surface area contributed by atoms with Gasteiger partial charge in [0.2, 0.25) is 5.43 Å². The van der Waals surface area contributed by atoms with Gasteiger partial charge >= 0.3 is 11.9 Å². The van der Waals surface area contributed by atoms with Crippen LogP contribution in [-0.2, 0) is 14.3 Å². The van der Waals surface area contributed by atoms with Gasteiger partial charge in [0.05, 0.1) is 59.9 Å². The van der Waals surface area contributed by atoms with Gasteiger partial charge in [0.15, 0.2) is 0 Å². The highest BCUT2D eigenvalue weighted by atomic mass is 32.2. The number of nitrogens with zero attached hydrogens (tertiary/aromatic N) is 2. The molecule has 65 heavy (non-hydrogen) atoms. The molecule has 9 rings (SSSR count). The summed E-state index contributed by atoms with van der Waals surface area (Å²) < 4.78 is 58.8. The second kappa shape index (κ2) is 19.1. The highest BCUT2D eigenvalue weighted by Crippen LogP contribution is 2.40. The van der Waals surface area contributed by atoms with Crippen LogP contribution in [-0.4, -0.2) is 39.6 Å². The number of carbonyl (C=O) groups is 2. The van der Waals surface area contributed by atoms with E-state index in [1.54, 1.807) is 68.4 Å². The summed E-state index contributed by atoms with van der Waals surface area (Å²) in [5, 5.41) is 11.2. The number of halogens is 3. The number of aliphatic hydroxyl groups excluding tert-OH is 1. The van der Waals surface area contributed by atoms with Gasteiger partial charge in [-0.2, -0.15) is 0 Å². The third kappa shape index (κ3) is 9.00. The molecule has 9 aromatic rings. The topological polar surface area (TPSA) is 159 Å². The summed E-state index contributed by atoms with van der Waals surface area (Å²) in [5.74, 6) is -4.59. The highest BCUT2D eigenvalue weighted by molar-refractivity contribution is 7.99. The first-order chi connectivity index (χ1) is 31.4. The molecular formula is C48H35F3N4O6S4. The number of hydrogen-bond donors (Lipinski definition) is 3. The minimum atomic E-state index is -0.909. The number of rotatable bonds is 10. The zero-order valence-corrected chi connectivity index (χ0v) is 37.5. The van der Waals surface area contributed by atoms with Crippen molar-refractivity contribution >= 4 is 117 Å². The second-order valence-electron chi connectivity index (χ2n) is 13.9. The number of nitrogen functional groups attached to an aromatic ring is 2. The van der Waals surface area contributed by atoms with Crippen molar-refractivity contribution in [1.29, 1.82) is 0 Å². The summed E-state index contributed by atoms with van der Waals surface area (Å²) in [6.45, 7) is 3.45. The molecule has 6 aromatic carbocycles. The van der Waals surface area contributed by atoms with Crippen LogP contribution in [0.3, 0.4) is 0 Å². The monoisotopic (exact) mass is 948 g/mol. The normalized spacial score (nSPS) is 11.7. The number of carbonyl (C=O) groups excluding carboxylic acids is 2. The molecule has 5 N–H and O–H groups in total. The number of ether oxygens (including phenoxy) is 2. The lowest BCUT2D eigenvalue weighted by Crippen LogP contribution is -2.20. The Labute approximate surface area is 384 Å². The van der Waals surface area contributed by atoms with Gasteiger partial charge < -0.3 is 26.0 Å². The molecule has 3 aromatic heterocycles. The number of aliphatic hydroxyl groups is 1. The van der Waals surface area contributed by atoms with Crippen molar-refractivity contribution in [2.75, 3.05) is 24.7 Å². The molecule has 0 saturated heterocycles. The SMILES string of the molecule is CCOC(=O)C(=C(O)c1cc(F)c(Sc2ccccc2N)cc1F)c1nc2ccccc2s1.CCOC(=O)c1c(=O)c2cc(F)c(Sc3ccccc3N)cc2n2c1sc1ccccc12. The number of thiazole rings is 2. The Morgan fingerprint density at radius 2 is 1.28 bits per heavy atom. The number of para-hydroxylation sites is 4. The molecule has 3 heterocycles. The Morgan fingerprint density at radius 3 is 1.92 bits per heavy atom. The number of fused-ring (bicyclic) bond motifs is 6. The first kappa shape index (κ1) is 44.8. The van der Waals surface area contributed by atoms with Crippen molar-refractivity contribution in [3.05, 3.63) is 165 Å². The summed E-state index contributed by atoms with van der Waals surface area (Å²) in [5.41, 5.74) is 13.4.